The number of rotatable bonds is 7. The van der Waals surface area contributed by atoms with E-state index in [1.165, 1.54) is 0 Å². The SMILES string of the molecule is COc1ccccc1-c1ccc(C(C)N(C)C(=O)NCc2cccc(C(N)=O)c2)cc1. The van der Waals surface area contributed by atoms with Gasteiger partial charge in [-0.15, -0.1) is 0 Å². The van der Waals surface area contributed by atoms with Crippen LogP contribution in [0.15, 0.2) is 72.8 Å². The molecule has 3 aromatic carbocycles. The molecular formula is C25H27N3O3. The van der Waals surface area contributed by atoms with E-state index in [0.29, 0.717) is 12.1 Å². The van der Waals surface area contributed by atoms with Crippen LogP contribution in [0.3, 0.4) is 0 Å². The maximum Gasteiger partial charge on any atom is 0.317 e. The summed E-state index contributed by atoms with van der Waals surface area (Å²) in [5.41, 5.74) is 9.64. The van der Waals surface area contributed by atoms with Crippen molar-refractivity contribution in [3.05, 3.63) is 89.5 Å². The molecule has 3 amide bonds. The average molecular weight is 418 g/mol. The molecule has 6 heteroatoms. The number of hydrogen-bond donors (Lipinski definition) is 2. The van der Waals surface area contributed by atoms with Crippen LogP contribution in [0.2, 0.25) is 0 Å². The van der Waals surface area contributed by atoms with Crippen molar-refractivity contribution in [1.29, 1.82) is 0 Å². The monoisotopic (exact) mass is 417 g/mol. The molecule has 0 spiro atoms. The van der Waals surface area contributed by atoms with Crippen molar-refractivity contribution in [2.75, 3.05) is 14.2 Å². The smallest absolute Gasteiger partial charge is 0.317 e. The molecule has 1 unspecified atom stereocenters. The molecule has 0 heterocycles. The number of methoxy groups -OCH3 is 1. The zero-order valence-corrected chi connectivity index (χ0v) is 18.0. The van der Waals surface area contributed by atoms with Gasteiger partial charge in [0.05, 0.1) is 13.2 Å². The Kier molecular flexibility index (Phi) is 6.92. The van der Waals surface area contributed by atoms with Crippen molar-refractivity contribution >= 4 is 11.9 Å². The van der Waals surface area contributed by atoms with E-state index in [1.807, 2.05) is 61.5 Å². The van der Waals surface area contributed by atoms with Gasteiger partial charge in [0, 0.05) is 24.7 Å². The number of nitrogens with zero attached hydrogens (tertiary/aromatic N) is 1. The minimum Gasteiger partial charge on any atom is -0.496 e. The minimum absolute atomic E-state index is 0.122. The van der Waals surface area contributed by atoms with Crippen LogP contribution in [0.4, 0.5) is 4.79 Å². The van der Waals surface area contributed by atoms with Crippen LogP contribution in [0.5, 0.6) is 5.75 Å². The van der Waals surface area contributed by atoms with Crippen molar-refractivity contribution in [3.8, 4) is 16.9 Å². The van der Waals surface area contributed by atoms with E-state index in [2.05, 4.69) is 5.32 Å². The molecule has 1 atom stereocenters. The fourth-order valence-corrected chi connectivity index (χ4v) is 3.36. The second-order valence-corrected chi connectivity index (χ2v) is 7.33. The summed E-state index contributed by atoms with van der Waals surface area (Å²) >= 11 is 0. The quantitative estimate of drug-likeness (QED) is 0.599. The Morgan fingerprint density at radius 1 is 1.03 bits per heavy atom. The van der Waals surface area contributed by atoms with E-state index < -0.39 is 5.91 Å². The van der Waals surface area contributed by atoms with Crippen LogP contribution >= 0.6 is 0 Å². The van der Waals surface area contributed by atoms with Gasteiger partial charge >= 0.3 is 6.03 Å². The number of amides is 3. The fraction of sp³-hybridized carbons (Fsp3) is 0.200. The van der Waals surface area contributed by atoms with Gasteiger partial charge in [-0.1, -0.05) is 54.6 Å². The molecule has 0 saturated carbocycles. The van der Waals surface area contributed by atoms with Gasteiger partial charge in [0.15, 0.2) is 0 Å². The number of nitrogens with one attached hydrogen (secondary N) is 1. The van der Waals surface area contributed by atoms with Gasteiger partial charge in [0.25, 0.3) is 0 Å². The number of primary amides is 1. The van der Waals surface area contributed by atoms with Crippen molar-refractivity contribution < 1.29 is 14.3 Å². The van der Waals surface area contributed by atoms with Gasteiger partial charge in [0.1, 0.15) is 5.75 Å². The Hall–Kier alpha value is -3.80. The molecular weight excluding hydrogens is 390 g/mol. The second kappa shape index (κ2) is 9.80. The minimum atomic E-state index is -0.490. The third-order valence-electron chi connectivity index (χ3n) is 5.37. The molecule has 0 radical (unpaired) electrons. The number of hydrogen-bond acceptors (Lipinski definition) is 3. The third kappa shape index (κ3) is 5.22. The number of urea groups is 1. The highest BCUT2D eigenvalue weighted by Gasteiger charge is 2.17. The fourth-order valence-electron chi connectivity index (χ4n) is 3.36. The summed E-state index contributed by atoms with van der Waals surface area (Å²) in [6, 6.07) is 22.6. The van der Waals surface area contributed by atoms with Gasteiger partial charge < -0.3 is 20.7 Å². The number of para-hydroxylation sites is 1. The van der Waals surface area contributed by atoms with Crippen LogP contribution in [-0.4, -0.2) is 31.0 Å². The highest BCUT2D eigenvalue weighted by molar-refractivity contribution is 5.92. The Labute approximate surface area is 182 Å². The zero-order chi connectivity index (χ0) is 22.4. The van der Waals surface area contributed by atoms with E-state index in [-0.39, 0.29) is 12.1 Å². The summed E-state index contributed by atoms with van der Waals surface area (Å²) in [6.45, 7) is 2.29. The molecule has 0 aliphatic heterocycles. The first-order chi connectivity index (χ1) is 14.9. The lowest BCUT2D eigenvalue weighted by Crippen LogP contribution is -2.38. The van der Waals surface area contributed by atoms with Crippen LogP contribution in [0.25, 0.3) is 11.1 Å². The molecule has 0 aliphatic carbocycles. The second-order valence-electron chi connectivity index (χ2n) is 7.33. The van der Waals surface area contributed by atoms with Crippen molar-refractivity contribution in [1.82, 2.24) is 10.2 Å². The summed E-state index contributed by atoms with van der Waals surface area (Å²) in [7, 11) is 3.42. The summed E-state index contributed by atoms with van der Waals surface area (Å²) in [5.74, 6) is 0.329. The highest BCUT2D eigenvalue weighted by atomic mass is 16.5. The van der Waals surface area contributed by atoms with Crippen molar-refractivity contribution in [2.45, 2.75) is 19.5 Å². The normalized spacial score (nSPS) is 11.5. The summed E-state index contributed by atoms with van der Waals surface area (Å²) in [4.78, 5) is 25.6. The average Bonchev–Trinajstić information content (AvgIpc) is 2.81. The van der Waals surface area contributed by atoms with Crippen LogP contribution < -0.4 is 15.8 Å². The van der Waals surface area contributed by atoms with Gasteiger partial charge in [0.2, 0.25) is 5.91 Å². The predicted octanol–water partition coefficient (Wildman–Crippen LogP) is 4.36. The molecule has 0 bridgehead atoms. The van der Waals surface area contributed by atoms with E-state index in [0.717, 1.165) is 28.0 Å². The van der Waals surface area contributed by atoms with Crippen LogP contribution in [0.1, 0.15) is 34.5 Å². The lowest BCUT2D eigenvalue weighted by Gasteiger charge is -2.26. The standard InChI is InChI=1S/C25H27N3O3/c1-17(19-11-13-20(14-12-19)22-9-4-5-10-23(22)31-3)28(2)25(30)27-16-18-7-6-8-21(15-18)24(26)29/h4-15,17H,16H2,1-3H3,(H2,26,29)(H,27,30). The molecule has 0 saturated heterocycles. The maximum atomic E-state index is 12.6. The first-order valence-electron chi connectivity index (χ1n) is 10.0. The molecule has 3 rings (SSSR count). The van der Waals surface area contributed by atoms with E-state index in [9.17, 15) is 9.59 Å². The van der Waals surface area contributed by atoms with E-state index >= 15 is 0 Å². The van der Waals surface area contributed by atoms with Gasteiger partial charge in [-0.2, -0.15) is 0 Å². The molecule has 0 fully saturated rings. The zero-order valence-electron chi connectivity index (χ0n) is 18.0. The van der Waals surface area contributed by atoms with Gasteiger partial charge in [-0.25, -0.2) is 4.79 Å². The van der Waals surface area contributed by atoms with Gasteiger partial charge in [-0.05, 0) is 41.8 Å². The molecule has 31 heavy (non-hydrogen) atoms. The Bertz CT molecular complexity index is 1060. The van der Waals surface area contributed by atoms with E-state index in [1.54, 1.807) is 37.3 Å². The third-order valence-corrected chi connectivity index (χ3v) is 5.37. The largest absolute Gasteiger partial charge is 0.496 e. The summed E-state index contributed by atoms with van der Waals surface area (Å²) in [5, 5.41) is 2.89. The maximum absolute atomic E-state index is 12.6. The molecule has 160 valence electrons. The number of benzene rings is 3. The van der Waals surface area contributed by atoms with Crippen molar-refractivity contribution in [2.24, 2.45) is 5.73 Å². The number of ether oxygens (including phenoxy) is 1. The Morgan fingerprint density at radius 2 is 1.74 bits per heavy atom. The van der Waals surface area contributed by atoms with Crippen molar-refractivity contribution in [3.63, 3.8) is 0 Å². The van der Waals surface area contributed by atoms with Crippen LogP contribution in [-0.2, 0) is 6.54 Å². The first kappa shape index (κ1) is 21.9. The molecule has 0 aromatic heterocycles. The number of nitrogens with two attached hydrogens (primary N) is 1. The van der Waals surface area contributed by atoms with Gasteiger partial charge in [-0.3, -0.25) is 4.79 Å². The number of carbonyl (C=O) groups is 2. The lowest BCUT2D eigenvalue weighted by molar-refractivity contribution is 0.1000. The molecule has 0 aliphatic rings. The molecule has 3 N–H and O–H groups in total. The molecule has 3 aromatic rings. The Morgan fingerprint density at radius 3 is 2.42 bits per heavy atom. The number of carbonyl (C=O) groups excluding carboxylic acids is 2. The topological polar surface area (TPSA) is 84.7 Å². The van der Waals surface area contributed by atoms with Crippen LogP contribution in [0, 0.1) is 0 Å². The lowest BCUT2D eigenvalue weighted by atomic mass is 10.0. The molecule has 6 nitrogen and oxygen atoms in total. The summed E-state index contributed by atoms with van der Waals surface area (Å²) in [6.07, 6.45) is 0. The summed E-state index contributed by atoms with van der Waals surface area (Å²) < 4.78 is 5.44. The Balaban J connectivity index is 1.65. The van der Waals surface area contributed by atoms with E-state index in [4.69, 9.17) is 10.5 Å². The predicted molar refractivity (Wildman–Crippen MR) is 122 cm³/mol. The highest BCUT2D eigenvalue weighted by Crippen LogP contribution is 2.30. The first-order valence-corrected chi connectivity index (χ1v) is 10.0.